The number of pyridine rings is 1. The van der Waals surface area contributed by atoms with Crippen molar-refractivity contribution < 1.29 is 9.59 Å². The van der Waals surface area contributed by atoms with Crippen molar-refractivity contribution in [2.45, 2.75) is 58.8 Å². The summed E-state index contributed by atoms with van der Waals surface area (Å²) in [4.78, 5) is 34.9. The molecule has 6 nitrogen and oxygen atoms in total. The van der Waals surface area contributed by atoms with Gasteiger partial charge in [0.25, 0.3) is 5.91 Å². The topological polar surface area (TPSA) is 57.9 Å². The highest BCUT2D eigenvalue weighted by Gasteiger charge is 2.30. The van der Waals surface area contributed by atoms with Crippen LogP contribution >= 0.6 is 0 Å². The van der Waals surface area contributed by atoms with E-state index in [1.165, 1.54) is 12.0 Å². The maximum atomic E-state index is 13.4. The largest absolute Gasteiger partial charge is 0.339 e. The van der Waals surface area contributed by atoms with Crippen LogP contribution in [-0.2, 0) is 4.79 Å². The first-order valence-electron chi connectivity index (χ1n) is 13.1. The molecule has 0 spiro atoms. The first kappa shape index (κ1) is 23.6. The number of aryl methyl sites for hydroxylation is 1. The van der Waals surface area contributed by atoms with Gasteiger partial charge in [-0.1, -0.05) is 51.3 Å². The highest BCUT2D eigenvalue weighted by atomic mass is 16.2. The Hall–Kier alpha value is -3.15. The van der Waals surface area contributed by atoms with E-state index in [4.69, 9.17) is 4.98 Å². The van der Waals surface area contributed by atoms with Crippen LogP contribution in [0, 0.1) is 12.8 Å². The first-order valence-corrected chi connectivity index (χ1v) is 13.1. The summed E-state index contributed by atoms with van der Waals surface area (Å²) in [5.74, 6) is 0.936. The van der Waals surface area contributed by atoms with Crippen LogP contribution in [0.1, 0.15) is 73.5 Å². The van der Waals surface area contributed by atoms with E-state index in [2.05, 4.69) is 38.1 Å². The number of rotatable bonds is 4. The highest BCUT2D eigenvalue weighted by molar-refractivity contribution is 5.94. The minimum absolute atomic E-state index is 0.0184. The molecule has 3 aromatic rings. The zero-order valence-corrected chi connectivity index (χ0v) is 21.2. The number of carbonyl (C=O) groups excluding carboxylic acids is 2. The van der Waals surface area contributed by atoms with Crippen molar-refractivity contribution in [1.82, 2.24) is 19.2 Å². The van der Waals surface area contributed by atoms with Crippen molar-refractivity contribution in [2.75, 3.05) is 26.2 Å². The van der Waals surface area contributed by atoms with Crippen molar-refractivity contribution in [1.29, 1.82) is 0 Å². The van der Waals surface area contributed by atoms with Crippen LogP contribution in [0.25, 0.3) is 16.9 Å². The summed E-state index contributed by atoms with van der Waals surface area (Å²) in [6.45, 7) is 8.83. The molecule has 5 rings (SSSR count). The number of amides is 2. The lowest BCUT2D eigenvalue weighted by atomic mass is 9.88. The molecule has 184 valence electrons. The van der Waals surface area contributed by atoms with Gasteiger partial charge in [-0.05, 0) is 49.4 Å². The third-order valence-corrected chi connectivity index (χ3v) is 7.70. The maximum absolute atomic E-state index is 13.4. The van der Waals surface area contributed by atoms with Crippen molar-refractivity contribution in [2.24, 2.45) is 5.92 Å². The molecule has 1 saturated heterocycles. The van der Waals surface area contributed by atoms with Gasteiger partial charge >= 0.3 is 0 Å². The summed E-state index contributed by atoms with van der Waals surface area (Å²) in [7, 11) is 0. The molecule has 35 heavy (non-hydrogen) atoms. The molecule has 1 saturated carbocycles. The van der Waals surface area contributed by atoms with E-state index in [0.717, 1.165) is 48.3 Å². The van der Waals surface area contributed by atoms with Gasteiger partial charge in [0.15, 0.2) is 0 Å². The Kier molecular flexibility index (Phi) is 6.63. The molecular formula is C29H36N4O2. The number of piperazine rings is 1. The second-order valence-corrected chi connectivity index (χ2v) is 10.4. The van der Waals surface area contributed by atoms with E-state index in [0.29, 0.717) is 43.6 Å². The quantitative estimate of drug-likeness (QED) is 0.518. The smallest absolute Gasteiger partial charge is 0.255 e. The van der Waals surface area contributed by atoms with E-state index in [1.807, 2.05) is 39.5 Å². The van der Waals surface area contributed by atoms with Gasteiger partial charge in [0.1, 0.15) is 5.65 Å². The molecule has 1 aromatic carbocycles. The van der Waals surface area contributed by atoms with Gasteiger partial charge in [-0.2, -0.15) is 0 Å². The summed E-state index contributed by atoms with van der Waals surface area (Å²) in [5, 5.41) is 0. The highest BCUT2D eigenvalue weighted by Crippen LogP contribution is 2.29. The summed E-state index contributed by atoms with van der Waals surface area (Å²) >= 11 is 0. The van der Waals surface area contributed by atoms with Crippen molar-refractivity contribution in [3.8, 4) is 11.3 Å². The minimum Gasteiger partial charge on any atom is -0.339 e. The van der Waals surface area contributed by atoms with Gasteiger partial charge in [-0.3, -0.25) is 14.0 Å². The lowest BCUT2D eigenvalue weighted by Gasteiger charge is -2.37. The summed E-state index contributed by atoms with van der Waals surface area (Å²) in [5.41, 5.74) is 5.87. The number of benzene rings is 1. The van der Waals surface area contributed by atoms with Crippen LogP contribution in [0.2, 0.25) is 0 Å². The molecule has 0 N–H and O–H groups in total. The third-order valence-electron chi connectivity index (χ3n) is 7.70. The van der Waals surface area contributed by atoms with Gasteiger partial charge < -0.3 is 9.80 Å². The van der Waals surface area contributed by atoms with Gasteiger partial charge in [0.2, 0.25) is 5.91 Å². The van der Waals surface area contributed by atoms with Crippen LogP contribution in [0.5, 0.6) is 0 Å². The average molecular weight is 473 g/mol. The zero-order valence-electron chi connectivity index (χ0n) is 21.2. The van der Waals surface area contributed by atoms with Crippen LogP contribution < -0.4 is 0 Å². The molecule has 2 amide bonds. The molecule has 2 fully saturated rings. The van der Waals surface area contributed by atoms with Gasteiger partial charge in [-0.25, -0.2) is 4.98 Å². The van der Waals surface area contributed by atoms with Crippen molar-refractivity contribution in [3.05, 3.63) is 59.4 Å². The molecule has 2 aliphatic rings. The fourth-order valence-corrected chi connectivity index (χ4v) is 5.60. The zero-order chi connectivity index (χ0) is 24.5. The second kappa shape index (κ2) is 9.84. The SMILES string of the molecule is Cc1nc2ccc(C(=O)N3CCN(C(=O)C4CCCCC4)CC3)cn2c1-c1cccc(C(C)C)c1. The van der Waals surface area contributed by atoms with Crippen LogP contribution in [0.15, 0.2) is 42.6 Å². The molecule has 0 radical (unpaired) electrons. The molecule has 0 atom stereocenters. The second-order valence-electron chi connectivity index (χ2n) is 10.4. The minimum atomic E-state index is 0.0184. The van der Waals surface area contributed by atoms with E-state index in [1.54, 1.807) is 0 Å². The Bertz CT molecular complexity index is 1230. The van der Waals surface area contributed by atoms with Crippen LogP contribution in [0.3, 0.4) is 0 Å². The lowest BCUT2D eigenvalue weighted by Crippen LogP contribution is -2.52. The average Bonchev–Trinajstić information content (AvgIpc) is 3.23. The van der Waals surface area contributed by atoms with Gasteiger partial charge in [0.05, 0.1) is 17.0 Å². The summed E-state index contributed by atoms with van der Waals surface area (Å²) < 4.78 is 2.05. The molecule has 3 heterocycles. The Balaban J connectivity index is 1.34. The van der Waals surface area contributed by atoms with Crippen LogP contribution in [-0.4, -0.2) is 57.2 Å². The molecular weight excluding hydrogens is 436 g/mol. The number of hydrogen-bond acceptors (Lipinski definition) is 3. The standard InChI is InChI=1S/C29H36N4O2/c1-20(2)23-10-7-11-24(18-23)27-21(3)30-26-13-12-25(19-33(26)27)29(35)32-16-14-31(15-17-32)28(34)22-8-5-4-6-9-22/h7,10-13,18-20,22H,4-6,8-9,14-17H2,1-3H3. The fourth-order valence-electron chi connectivity index (χ4n) is 5.60. The molecule has 1 aliphatic heterocycles. The Morgan fingerprint density at radius 2 is 1.66 bits per heavy atom. The number of hydrogen-bond donors (Lipinski definition) is 0. The molecule has 1 aliphatic carbocycles. The van der Waals surface area contributed by atoms with Crippen LogP contribution in [0.4, 0.5) is 0 Å². The van der Waals surface area contributed by atoms with E-state index in [-0.39, 0.29) is 11.8 Å². The summed E-state index contributed by atoms with van der Waals surface area (Å²) in [6.07, 6.45) is 7.53. The predicted octanol–water partition coefficient (Wildman–Crippen LogP) is 5.30. The number of carbonyl (C=O) groups is 2. The number of aromatic nitrogens is 2. The van der Waals surface area contributed by atoms with Crippen molar-refractivity contribution in [3.63, 3.8) is 0 Å². The van der Waals surface area contributed by atoms with Crippen molar-refractivity contribution >= 4 is 17.5 Å². The fraction of sp³-hybridized carbons (Fsp3) is 0.483. The van der Waals surface area contributed by atoms with Gasteiger partial charge in [-0.15, -0.1) is 0 Å². The first-order chi connectivity index (χ1) is 16.9. The Morgan fingerprint density at radius 3 is 2.37 bits per heavy atom. The van der Waals surface area contributed by atoms with E-state index in [9.17, 15) is 9.59 Å². The Labute approximate surface area is 207 Å². The van der Waals surface area contributed by atoms with E-state index >= 15 is 0 Å². The molecule has 0 unspecified atom stereocenters. The maximum Gasteiger partial charge on any atom is 0.255 e. The number of nitrogens with zero attached hydrogens (tertiary/aromatic N) is 4. The number of imidazole rings is 1. The predicted molar refractivity (Wildman–Crippen MR) is 139 cm³/mol. The third kappa shape index (κ3) is 4.71. The Morgan fingerprint density at radius 1 is 0.943 bits per heavy atom. The molecule has 6 heteroatoms. The normalized spacial score (nSPS) is 17.4. The molecule has 2 aromatic heterocycles. The number of fused-ring (bicyclic) bond motifs is 1. The molecule has 0 bridgehead atoms. The monoisotopic (exact) mass is 472 g/mol. The summed E-state index contributed by atoms with van der Waals surface area (Å²) in [6, 6.07) is 12.4. The van der Waals surface area contributed by atoms with Gasteiger partial charge in [0, 0.05) is 43.9 Å². The van der Waals surface area contributed by atoms with E-state index < -0.39 is 0 Å². The lowest BCUT2D eigenvalue weighted by molar-refractivity contribution is -0.138.